The Balaban J connectivity index is 1.84. The first-order chi connectivity index (χ1) is 8.17. The van der Waals surface area contributed by atoms with Gasteiger partial charge in [0.05, 0.1) is 4.47 Å². The Kier molecular flexibility index (Phi) is 4.17. The van der Waals surface area contributed by atoms with Crippen LogP contribution in [0, 0.1) is 11.2 Å². The molecule has 2 N–H and O–H groups in total. The maximum atomic E-state index is 13.3. The molecule has 0 bridgehead atoms. The van der Waals surface area contributed by atoms with E-state index in [1.165, 1.54) is 18.9 Å². The van der Waals surface area contributed by atoms with E-state index in [1.54, 1.807) is 6.07 Å². The van der Waals surface area contributed by atoms with Crippen LogP contribution in [0.2, 0.25) is 0 Å². The van der Waals surface area contributed by atoms with Crippen LogP contribution in [0.5, 0.6) is 0 Å². The number of aliphatic hydroxyl groups is 1. The Morgan fingerprint density at radius 2 is 2.18 bits per heavy atom. The van der Waals surface area contributed by atoms with Crippen LogP contribution >= 0.6 is 15.9 Å². The van der Waals surface area contributed by atoms with E-state index in [4.69, 9.17) is 5.11 Å². The third-order valence-electron chi connectivity index (χ3n) is 3.45. The van der Waals surface area contributed by atoms with Crippen molar-refractivity contribution in [3.8, 4) is 0 Å². The Morgan fingerprint density at radius 3 is 2.82 bits per heavy atom. The molecule has 0 amide bonds. The lowest BCUT2D eigenvalue weighted by molar-refractivity contribution is 0.245. The van der Waals surface area contributed by atoms with E-state index in [2.05, 4.69) is 21.2 Å². The van der Waals surface area contributed by atoms with E-state index < -0.39 is 0 Å². The van der Waals surface area contributed by atoms with Crippen LogP contribution in [0.25, 0.3) is 0 Å². The first-order valence-electron chi connectivity index (χ1n) is 5.91. The van der Waals surface area contributed by atoms with Crippen LogP contribution < -0.4 is 5.32 Å². The lowest BCUT2D eigenvalue weighted by Gasteiger charge is -2.15. The largest absolute Gasteiger partial charge is 0.396 e. The summed E-state index contributed by atoms with van der Waals surface area (Å²) in [6.07, 6.45) is 3.24. The second kappa shape index (κ2) is 5.46. The van der Waals surface area contributed by atoms with Gasteiger partial charge in [0.1, 0.15) is 5.82 Å². The van der Waals surface area contributed by atoms with Gasteiger partial charge in [0.15, 0.2) is 0 Å². The molecule has 0 spiro atoms. The minimum Gasteiger partial charge on any atom is -0.396 e. The predicted octanol–water partition coefficient (Wildman–Crippen LogP) is 2.84. The number of aliphatic hydroxyl groups excluding tert-OH is 1. The van der Waals surface area contributed by atoms with Gasteiger partial charge < -0.3 is 10.4 Å². The number of hydrogen-bond acceptors (Lipinski definition) is 2. The molecule has 1 fully saturated rings. The second-order valence-corrected chi connectivity index (χ2v) is 5.58. The molecule has 2 nitrogen and oxygen atoms in total. The molecule has 17 heavy (non-hydrogen) atoms. The monoisotopic (exact) mass is 301 g/mol. The van der Waals surface area contributed by atoms with Gasteiger partial charge in [-0.1, -0.05) is 12.1 Å². The summed E-state index contributed by atoms with van der Waals surface area (Å²) >= 11 is 3.25. The lowest BCUT2D eigenvalue weighted by atomic mass is 10.0. The van der Waals surface area contributed by atoms with E-state index in [-0.39, 0.29) is 12.4 Å². The molecule has 0 heterocycles. The summed E-state index contributed by atoms with van der Waals surface area (Å²) in [5.74, 6) is -0.221. The summed E-state index contributed by atoms with van der Waals surface area (Å²) in [5.41, 5.74) is 1.24. The van der Waals surface area contributed by atoms with Crippen molar-refractivity contribution in [3.05, 3.63) is 34.1 Å². The number of rotatable bonds is 6. The van der Waals surface area contributed by atoms with Gasteiger partial charge in [-0.25, -0.2) is 4.39 Å². The van der Waals surface area contributed by atoms with Crippen molar-refractivity contribution in [2.45, 2.75) is 25.8 Å². The molecule has 0 saturated heterocycles. The standard InChI is InChI=1S/C13H17BrFNO/c14-12-10(2-1-3-11(12)15)8-16-9-13(4-5-13)6-7-17/h1-3,16-17H,4-9H2. The van der Waals surface area contributed by atoms with Crippen molar-refractivity contribution in [3.63, 3.8) is 0 Å². The number of nitrogens with one attached hydrogen (secondary N) is 1. The van der Waals surface area contributed by atoms with Gasteiger partial charge in [-0.15, -0.1) is 0 Å². The third-order valence-corrected chi connectivity index (χ3v) is 4.33. The molecule has 1 aromatic rings. The lowest BCUT2D eigenvalue weighted by Crippen LogP contribution is -2.24. The molecule has 0 unspecified atom stereocenters. The molecular weight excluding hydrogens is 285 g/mol. The molecule has 2 rings (SSSR count). The van der Waals surface area contributed by atoms with Gasteiger partial charge >= 0.3 is 0 Å². The summed E-state index contributed by atoms with van der Waals surface area (Å²) in [7, 11) is 0. The number of benzene rings is 1. The normalized spacial score (nSPS) is 17.1. The van der Waals surface area contributed by atoms with Crippen molar-refractivity contribution in [1.29, 1.82) is 0 Å². The molecule has 0 radical (unpaired) electrons. The molecule has 0 atom stereocenters. The van der Waals surface area contributed by atoms with E-state index in [0.717, 1.165) is 18.5 Å². The zero-order chi connectivity index (χ0) is 12.3. The van der Waals surface area contributed by atoms with Gasteiger partial charge in [0, 0.05) is 19.7 Å². The quantitative estimate of drug-likeness (QED) is 0.847. The average Bonchev–Trinajstić information content (AvgIpc) is 3.05. The summed E-state index contributed by atoms with van der Waals surface area (Å²) in [4.78, 5) is 0. The summed E-state index contributed by atoms with van der Waals surface area (Å²) in [5, 5.41) is 12.3. The van der Waals surface area contributed by atoms with Gasteiger partial charge in [-0.05, 0) is 52.2 Å². The van der Waals surface area contributed by atoms with Crippen molar-refractivity contribution in [2.75, 3.05) is 13.2 Å². The summed E-state index contributed by atoms with van der Waals surface area (Å²) in [6.45, 7) is 1.81. The Morgan fingerprint density at radius 1 is 1.41 bits per heavy atom. The van der Waals surface area contributed by atoms with Crippen molar-refractivity contribution < 1.29 is 9.50 Å². The summed E-state index contributed by atoms with van der Waals surface area (Å²) in [6, 6.07) is 5.07. The highest BCUT2D eigenvalue weighted by atomic mass is 79.9. The van der Waals surface area contributed by atoms with Crippen LogP contribution in [-0.2, 0) is 6.54 Å². The molecule has 4 heteroatoms. The topological polar surface area (TPSA) is 32.3 Å². The van der Waals surface area contributed by atoms with Crippen molar-refractivity contribution >= 4 is 15.9 Å². The first-order valence-corrected chi connectivity index (χ1v) is 6.71. The van der Waals surface area contributed by atoms with E-state index >= 15 is 0 Å². The predicted molar refractivity (Wildman–Crippen MR) is 69.2 cm³/mol. The Labute approximate surface area is 109 Å². The van der Waals surface area contributed by atoms with Crippen LogP contribution in [0.3, 0.4) is 0 Å². The fourth-order valence-corrected chi connectivity index (χ4v) is 2.48. The van der Waals surface area contributed by atoms with Gasteiger partial charge in [0.2, 0.25) is 0 Å². The SMILES string of the molecule is OCCC1(CNCc2cccc(F)c2Br)CC1. The third kappa shape index (κ3) is 3.27. The molecule has 1 saturated carbocycles. The zero-order valence-electron chi connectivity index (χ0n) is 9.68. The molecule has 1 aliphatic rings. The molecule has 0 aliphatic heterocycles. The second-order valence-electron chi connectivity index (χ2n) is 4.79. The van der Waals surface area contributed by atoms with Crippen LogP contribution in [0.15, 0.2) is 22.7 Å². The van der Waals surface area contributed by atoms with Gasteiger partial charge in [-0.3, -0.25) is 0 Å². The zero-order valence-corrected chi connectivity index (χ0v) is 11.3. The first kappa shape index (κ1) is 13.0. The highest BCUT2D eigenvalue weighted by molar-refractivity contribution is 9.10. The van der Waals surface area contributed by atoms with Crippen molar-refractivity contribution in [2.24, 2.45) is 5.41 Å². The Bertz CT molecular complexity index is 393. The van der Waals surface area contributed by atoms with Crippen LogP contribution in [0.4, 0.5) is 4.39 Å². The minimum atomic E-state index is -0.221. The van der Waals surface area contributed by atoms with Crippen LogP contribution in [0.1, 0.15) is 24.8 Å². The summed E-state index contributed by atoms with van der Waals surface area (Å²) < 4.78 is 13.8. The van der Waals surface area contributed by atoms with Gasteiger partial charge in [-0.2, -0.15) is 0 Å². The minimum absolute atomic E-state index is 0.221. The van der Waals surface area contributed by atoms with Gasteiger partial charge in [0.25, 0.3) is 0 Å². The maximum absolute atomic E-state index is 13.3. The average molecular weight is 302 g/mol. The molecule has 1 aromatic carbocycles. The van der Waals surface area contributed by atoms with Crippen molar-refractivity contribution in [1.82, 2.24) is 5.32 Å². The number of hydrogen-bond donors (Lipinski definition) is 2. The Hall–Kier alpha value is -0.450. The van der Waals surface area contributed by atoms with E-state index in [1.807, 2.05) is 6.07 Å². The van der Waals surface area contributed by atoms with E-state index in [0.29, 0.717) is 16.4 Å². The highest BCUT2D eigenvalue weighted by Gasteiger charge is 2.41. The van der Waals surface area contributed by atoms with E-state index in [9.17, 15) is 4.39 Å². The molecular formula is C13H17BrFNO. The smallest absolute Gasteiger partial charge is 0.137 e. The fraction of sp³-hybridized carbons (Fsp3) is 0.538. The molecule has 94 valence electrons. The molecule has 0 aromatic heterocycles. The molecule has 1 aliphatic carbocycles. The fourth-order valence-electron chi connectivity index (χ4n) is 2.08. The number of halogens is 2. The highest BCUT2D eigenvalue weighted by Crippen LogP contribution is 2.47. The van der Waals surface area contributed by atoms with Crippen LogP contribution in [-0.4, -0.2) is 18.3 Å². The maximum Gasteiger partial charge on any atom is 0.137 e.